The van der Waals surface area contributed by atoms with E-state index in [0.717, 1.165) is 80.8 Å². The van der Waals surface area contributed by atoms with E-state index in [1.807, 2.05) is 20.9 Å². The van der Waals surface area contributed by atoms with Crippen LogP contribution in [0.5, 0.6) is 0 Å². The molecule has 3 aliphatic heterocycles. The van der Waals surface area contributed by atoms with E-state index >= 15 is 0 Å². The summed E-state index contributed by atoms with van der Waals surface area (Å²) >= 11 is 0. The molecule has 2 unspecified atom stereocenters. The van der Waals surface area contributed by atoms with Gasteiger partial charge in [0.25, 0.3) is 0 Å². The third kappa shape index (κ3) is 6.18. The largest absolute Gasteiger partial charge is 0.389 e. The van der Waals surface area contributed by atoms with Gasteiger partial charge in [-0.25, -0.2) is 9.97 Å². The van der Waals surface area contributed by atoms with E-state index in [0.29, 0.717) is 49.1 Å². The van der Waals surface area contributed by atoms with E-state index in [-0.39, 0.29) is 0 Å². The minimum absolute atomic E-state index is 0.318. The number of nitrogens with zero attached hydrogens (tertiary/aromatic N) is 6. The predicted molar refractivity (Wildman–Crippen MR) is 165 cm³/mol. The number of unbranched alkanes of at least 4 members (excludes halogenated alkanes) is 2. The molecule has 2 saturated heterocycles. The molecule has 0 aromatic carbocycles. The van der Waals surface area contributed by atoms with Crippen LogP contribution in [-0.2, 0) is 28.1 Å². The van der Waals surface area contributed by atoms with Crippen LogP contribution in [-0.4, -0.2) is 89.8 Å². The monoisotopic (exact) mass is 584 g/mol. The van der Waals surface area contributed by atoms with Gasteiger partial charge in [0.05, 0.1) is 18.8 Å². The molecule has 0 spiro atoms. The van der Waals surface area contributed by atoms with Crippen LogP contribution < -0.4 is 9.80 Å². The Bertz CT molecular complexity index is 1200. The zero-order chi connectivity index (χ0) is 30.1. The van der Waals surface area contributed by atoms with Crippen molar-refractivity contribution in [3.8, 4) is 11.5 Å². The van der Waals surface area contributed by atoms with Crippen LogP contribution in [0.1, 0.15) is 96.5 Å². The molecule has 10 nitrogen and oxygen atoms in total. The molecule has 2 fully saturated rings. The summed E-state index contributed by atoms with van der Waals surface area (Å²) in [5, 5.41) is 15.3. The number of hydrogen-bond donors (Lipinski definition) is 1. The Morgan fingerprint density at radius 2 is 1.86 bits per heavy atom. The first-order valence-electron chi connectivity index (χ1n) is 16.2. The Labute approximate surface area is 251 Å². The molecule has 0 saturated carbocycles. The van der Waals surface area contributed by atoms with Crippen molar-refractivity contribution in [3.05, 3.63) is 16.9 Å². The molecule has 0 aliphatic carbocycles. The first kappa shape index (κ1) is 31.2. The highest BCUT2D eigenvalue weighted by atomic mass is 16.7. The maximum atomic E-state index is 10.7. The lowest BCUT2D eigenvalue weighted by Gasteiger charge is -2.35. The number of hydrogen-bond acceptors (Lipinski definition) is 10. The summed E-state index contributed by atoms with van der Waals surface area (Å²) in [6.07, 6.45) is 8.83. The smallest absolute Gasteiger partial charge is 0.231 e. The van der Waals surface area contributed by atoms with E-state index in [4.69, 9.17) is 24.0 Å². The number of likely N-dealkylation sites (N-methyl/N-ethyl adjacent to an activating group) is 2. The van der Waals surface area contributed by atoms with E-state index in [2.05, 4.69) is 47.7 Å². The van der Waals surface area contributed by atoms with E-state index in [9.17, 15) is 5.11 Å². The molecule has 2 aromatic heterocycles. The van der Waals surface area contributed by atoms with Gasteiger partial charge in [-0.2, -0.15) is 0 Å². The first-order valence-corrected chi connectivity index (χ1v) is 16.2. The Morgan fingerprint density at radius 3 is 2.50 bits per heavy atom. The van der Waals surface area contributed by atoms with Crippen LogP contribution in [0.4, 0.5) is 11.6 Å². The number of anilines is 2. The van der Waals surface area contributed by atoms with Gasteiger partial charge in [-0.1, -0.05) is 31.8 Å². The lowest BCUT2D eigenvalue weighted by molar-refractivity contribution is -0.186. The Morgan fingerprint density at radius 1 is 1.12 bits per heavy atom. The van der Waals surface area contributed by atoms with E-state index in [1.54, 1.807) is 0 Å². The van der Waals surface area contributed by atoms with Crippen LogP contribution in [0, 0.1) is 0 Å². The first-order chi connectivity index (χ1) is 20.1. The standard InChI is InChI=1S/C32H52N6O4/c1-8-10-13-23-26(35-42-27(23)32(16-11-9-2)40-19-20-41-32)28-33-29(37(7)21-31(4,5)39)24-15-18-38(30(24)34-28)22(3)25-14-12-17-36(25)6/h22,25,39H,8-21H2,1-7H3. The lowest BCUT2D eigenvalue weighted by Crippen LogP contribution is -2.46. The highest BCUT2D eigenvalue weighted by Gasteiger charge is 2.45. The number of ether oxygens (including phenoxy) is 2. The molecule has 0 amide bonds. The zero-order valence-corrected chi connectivity index (χ0v) is 26.9. The average molecular weight is 585 g/mol. The summed E-state index contributed by atoms with van der Waals surface area (Å²) < 4.78 is 18.7. The minimum atomic E-state index is -0.908. The lowest BCUT2D eigenvalue weighted by atomic mass is 9.97. The van der Waals surface area contributed by atoms with Gasteiger partial charge < -0.3 is 33.8 Å². The fourth-order valence-electron chi connectivity index (χ4n) is 7.11. The SMILES string of the molecule is CCCCc1c(-c2nc(N(C)CC(C)(C)O)c3c(n2)N(C(C)C2CCCN2C)CC3)noc1C1(CCCC)OCCO1. The molecule has 42 heavy (non-hydrogen) atoms. The van der Waals surface area contributed by atoms with Gasteiger partial charge in [0.1, 0.15) is 11.6 Å². The number of likely N-dealkylation sites (tertiary alicyclic amines) is 1. The summed E-state index contributed by atoms with van der Waals surface area (Å²) in [6, 6.07) is 0.805. The molecule has 234 valence electrons. The maximum Gasteiger partial charge on any atom is 0.231 e. The predicted octanol–water partition coefficient (Wildman–Crippen LogP) is 4.92. The Balaban J connectivity index is 1.62. The summed E-state index contributed by atoms with van der Waals surface area (Å²) in [5.74, 6) is 2.16. The van der Waals surface area contributed by atoms with Crippen LogP contribution in [0.3, 0.4) is 0 Å². The summed E-state index contributed by atoms with van der Waals surface area (Å²) in [6.45, 7) is 13.9. The van der Waals surface area contributed by atoms with Crippen LogP contribution >= 0.6 is 0 Å². The van der Waals surface area contributed by atoms with Crippen molar-refractivity contribution in [1.82, 2.24) is 20.0 Å². The van der Waals surface area contributed by atoms with Crippen LogP contribution in [0.15, 0.2) is 4.52 Å². The van der Waals surface area contributed by atoms with Crippen LogP contribution in [0.2, 0.25) is 0 Å². The average Bonchev–Trinajstić information content (AvgIpc) is 3.75. The quantitative estimate of drug-likeness (QED) is 0.349. The topological polar surface area (TPSA) is 100 Å². The number of rotatable bonds is 13. The highest BCUT2D eigenvalue weighted by Crippen LogP contribution is 2.43. The second-order valence-electron chi connectivity index (χ2n) is 13.2. The van der Waals surface area contributed by atoms with Gasteiger partial charge >= 0.3 is 0 Å². The molecule has 10 heteroatoms. The third-order valence-electron chi connectivity index (χ3n) is 9.19. The Kier molecular flexibility index (Phi) is 9.47. The normalized spacial score (nSPS) is 21.3. The number of fused-ring (bicyclic) bond motifs is 1. The van der Waals surface area contributed by atoms with Gasteiger partial charge in [0.2, 0.25) is 5.79 Å². The number of aromatic nitrogens is 3. The fourth-order valence-corrected chi connectivity index (χ4v) is 7.11. The van der Waals surface area contributed by atoms with Gasteiger partial charge in [-0.15, -0.1) is 0 Å². The zero-order valence-electron chi connectivity index (χ0n) is 26.9. The molecule has 2 aromatic rings. The van der Waals surface area contributed by atoms with Crippen LogP contribution in [0.25, 0.3) is 11.5 Å². The minimum Gasteiger partial charge on any atom is -0.389 e. The molecule has 2 atom stereocenters. The molecular weight excluding hydrogens is 532 g/mol. The Hall–Kier alpha value is -2.27. The molecular formula is C32H52N6O4. The summed E-state index contributed by atoms with van der Waals surface area (Å²) in [4.78, 5) is 17.4. The van der Waals surface area contributed by atoms with E-state index < -0.39 is 11.4 Å². The number of aliphatic hydroxyl groups is 1. The van der Waals surface area contributed by atoms with Gasteiger partial charge in [-0.05, 0) is 72.9 Å². The van der Waals surface area contributed by atoms with Crippen molar-refractivity contribution < 1.29 is 19.1 Å². The summed E-state index contributed by atoms with van der Waals surface area (Å²) in [5.41, 5.74) is 1.92. The van der Waals surface area contributed by atoms with Crippen molar-refractivity contribution in [3.63, 3.8) is 0 Å². The summed E-state index contributed by atoms with van der Waals surface area (Å²) in [7, 11) is 4.24. The highest BCUT2D eigenvalue weighted by molar-refractivity contribution is 5.70. The molecule has 0 radical (unpaired) electrons. The van der Waals surface area contributed by atoms with E-state index in [1.165, 1.54) is 12.8 Å². The second-order valence-corrected chi connectivity index (χ2v) is 13.2. The van der Waals surface area contributed by atoms with Crippen molar-refractivity contribution >= 4 is 11.6 Å². The second kappa shape index (κ2) is 12.8. The maximum absolute atomic E-state index is 10.7. The van der Waals surface area contributed by atoms with Gasteiger partial charge in [-0.3, -0.25) is 0 Å². The van der Waals surface area contributed by atoms with Crippen molar-refractivity contribution in [1.29, 1.82) is 0 Å². The molecule has 0 bridgehead atoms. The molecule has 1 N–H and O–H groups in total. The van der Waals surface area contributed by atoms with Gasteiger partial charge in [0, 0.05) is 49.8 Å². The van der Waals surface area contributed by atoms with Gasteiger partial charge in [0.15, 0.2) is 17.3 Å². The molecule has 5 heterocycles. The molecule has 5 rings (SSSR count). The third-order valence-corrected chi connectivity index (χ3v) is 9.19. The van der Waals surface area contributed by atoms with Crippen molar-refractivity contribution in [2.45, 2.75) is 116 Å². The fraction of sp³-hybridized carbons (Fsp3) is 0.781. The molecule has 3 aliphatic rings. The van der Waals surface area contributed by atoms with Crippen molar-refractivity contribution in [2.75, 3.05) is 56.7 Å². The van der Waals surface area contributed by atoms with Crippen molar-refractivity contribution in [2.24, 2.45) is 0 Å².